The molecule has 0 fully saturated rings. The number of rotatable bonds is 5. The van der Waals surface area contributed by atoms with E-state index < -0.39 is 0 Å². The quantitative estimate of drug-likeness (QED) is 0.717. The smallest absolute Gasteiger partial charge is 0.249 e. The average molecular weight is 348 g/mol. The standard InChI is InChI=1S/C19H16N4O3/c24-19(7-5-14-4-6-16-17(11-14)26-13-25-16)21-18-8-10-23(22-18)12-15-3-1-2-9-20-15/h1-11H,12-13H2,(H,21,22,24)/b7-5+. The van der Waals surface area contributed by atoms with Gasteiger partial charge in [0.25, 0.3) is 0 Å². The molecule has 0 spiro atoms. The van der Waals surface area contributed by atoms with E-state index in [2.05, 4.69) is 15.4 Å². The largest absolute Gasteiger partial charge is 0.454 e. The van der Waals surface area contributed by atoms with Gasteiger partial charge in [0, 0.05) is 24.5 Å². The third-order valence-electron chi connectivity index (χ3n) is 3.77. The fraction of sp³-hybridized carbons (Fsp3) is 0.105. The van der Waals surface area contributed by atoms with Gasteiger partial charge in [-0.3, -0.25) is 14.5 Å². The lowest BCUT2D eigenvalue weighted by molar-refractivity contribution is -0.111. The molecule has 1 aromatic carbocycles. The summed E-state index contributed by atoms with van der Waals surface area (Å²) in [6, 6.07) is 13.0. The van der Waals surface area contributed by atoms with Gasteiger partial charge in [0.1, 0.15) is 0 Å². The van der Waals surface area contributed by atoms with Crippen LogP contribution in [0, 0.1) is 0 Å². The molecule has 1 aliphatic heterocycles. The van der Waals surface area contributed by atoms with Crippen molar-refractivity contribution in [1.82, 2.24) is 14.8 Å². The number of hydrogen-bond donors (Lipinski definition) is 1. The molecular weight excluding hydrogens is 332 g/mol. The number of pyridine rings is 1. The topological polar surface area (TPSA) is 78.3 Å². The van der Waals surface area contributed by atoms with E-state index in [9.17, 15) is 4.79 Å². The van der Waals surface area contributed by atoms with Crippen molar-refractivity contribution in [1.29, 1.82) is 0 Å². The number of carbonyl (C=O) groups excluding carboxylic acids is 1. The van der Waals surface area contributed by atoms with Crippen LogP contribution >= 0.6 is 0 Å². The highest BCUT2D eigenvalue weighted by atomic mass is 16.7. The van der Waals surface area contributed by atoms with E-state index in [1.807, 2.05) is 36.4 Å². The van der Waals surface area contributed by atoms with Crippen molar-refractivity contribution in [3.05, 3.63) is 72.2 Å². The molecule has 1 amide bonds. The minimum atomic E-state index is -0.259. The van der Waals surface area contributed by atoms with E-state index in [0.717, 1.165) is 11.3 Å². The number of fused-ring (bicyclic) bond motifs is 1. The molecule has 0 bridgehead atoms. The molecular formula is C19H16N4O3. The number of aromatic nitrogens is 3. The Balaban J connectivity index is 1.36. The molecule has 1 N–H and O–H groups in total. The normalized spacial score (nSPS) is 12.5. The Labute approximate surface area is 149 Å². The van der Waals surface area contributed by atoms with Crippen molar-refractivity contribution in [2.45, 2.75) is 6.54 Å². The lowest BCUT2D eigenvalue weighted by Gasteiger charge is -2.01. The highest BCUT2D eigenvalue weighted by Crippen LogP contribution is 2.32. The van der Waals surface area contributed by atoms with Crippen molar-refractivity contribution in [2.75, 3.05) is 12.1 Å². The van der Waals surface area contributed by atoms with Crippen LogP contribution in [-0.4, -0.2) is 27.5 Å². The van der Waals surface area contributed by atoms with Crippen molar-refractivity contribution < 1.29 is 14.3 Å². The van der Waals surface area contributed by atoms with E-state index in [1.165, 1.54) is 6.08 Å². The molecule has 7 heteroatoms. The molecule has 7 nitrogen and oxygen atoms in total. The summed E-state index contributed by atoms with van der Waals surface area (Å²) >= 11 is 0. The van der Waals surface area contributed by atoms with Gasteiger partial charge >= 0.3 is 0 Å². The molecule has 3 heterocycles. The van der Waals surface area contributed by atoms with E-state index in [1.54, 1.807) is 29.2 Å². The molecule has 3 aromatic rings. The van der Waals surface area contributed by atoms with Crippen LogP contribution in [0.5, 0.6) is 11.5 Å². The Hall–Kier alpha value is -3.61. The summed E-state index contributed by atoms with van der Waals surface area (Å²) in [6.45, 7) is 0.772. The van der Waals surface area contributed by atoms with Crippen LogP contribution in [0.4, 0.5) is 5.82 Å². The number of nitrogens with zero attached hydrogens (tertiary/aromatic N) is 3. The minimum absolute atomic E-state index is 0.226. The second-order valence-electron chi connectivity index (χ2n) is 5.65. The van der Waals surface area contributed by atoms with Crippen LogP contribution in [0.1, 0.15) is 11.3 Å². The van der Waals surface area contributed by atoms with Gasteiger partial charge in [-0.15, -0.1) is 0 Å². The first kappa shape index (κ1) is 15.9. The Kier molecular flexibility index (Phi) is 4.34. The molecule has 0 unspecified atom stereocenters. The van der Waals surface area contributed by atoms with E-state index in [4.69, 9.17) is 9.47 Å². The molecule has 0 aliphatic carbocycles. The molecule has 0 radical (unpaired) electrons. The van der Waals surface area contributed by atoms with Crippen LogP contribution in [-0.2, 0) is 11.3 Å². The van der Waals surface area contributed by atoms with Crippen molar-refractivity contribution >= 4 is 17.8 Å². The molecule has 2 aromatic heterocycles. The summed E-state index contributed by atoms with van der Waals surface area (Å²) in [4.78, 5) is 16.3. The summed E-state index contributed by atoms with van der Waals surface area (Å²) in [7, 11) is 0. The molecule has 1 aliphatic rings. The van der Waals surface area contributed by atoms with Gasteiger partial charge in [-0.1, -0.05) is 12.1 Å². The van der Waals surface area contributed by atoms with Crippen LogP contribution in [0.25, 0.3) is 6.08 Å². The Morgan fingerprint density at radius 1 is 1.19 bits per heavy atom. The zero-order chi connectivity index (χ0) is 17.8. The van der Waals surface area contributed by atoms with E-state index >= 15 is 0 Å². The van der Waals surface area contributed by atoms with Crippen LogP contribution in [0.3, 0.4) is 0 Å². The second kappa shape index (κ2) is 7.10. The Bertz CT molecular complexity index is 950. The fourth-order valence-corrected chi connectivity index (χ4v) is 2.53. The number of benzene rings is 1. The maximum Gasteiger partial charge on any atom is 0.249 e. The Morgan fingerprint density at radius 3 is 3.00 bits per heavy atom. The third kappa shape index (κ3) is 3.72. The monoisotopic (exact) mass is 348 g/mol. The number of carbonyl (C=O) groups is 1. The van der Waals surface area contributed by atoms with Gasteiger partial charge in [0.15, 0.2) is 17.3 Å². The Morgan fingerprint density at radius 2 is 2.12 bits per heavy atom. The van der Waals surface area contributed by atoms with Gasteiger partial charge < -0.3 is 14.8 Å². The molecule has 0 saturated heterocycles. The van der Waals surface area contributed by atoms with Crippen molar-refractivity contribution in [3.8, 4) is 11.5 Å². The van der Waals surface area contributed by atoms with Gasteiger partial charge in [-0.2, -0.15) is 5.10 Å². The predicted molar refractivity (Wildman–Crippen MR) is 95.8 cm³/mol. The van der Waals surface area contributed by atoms with Crippen LogP contribution in [0.15, 0.2) is 60.9 Å². The molecule has 130 valence electrons. The molecule has 26 heavy (non-hydrogen) atoms. The van der Waals surface area contributed by atoms with Crippen molar-refractivity contribution in [2.24, 2.45) is 0 Å². The first-order chi connectivity index (χ1) is 12.8. The van der Waals surface area contributed by atoms with Gasteiger partial charge in [-0.05, 0) is 35.9 Å². The minimum Gasteiger partial charge on any atom is -0.454 e. The number of anilines is 1. The summed E-state index contributed by atoms with van der Waals surface area (Å²) in [6.07, 6.45) is 6.70. The second-order valence-corrected chi connectivity index (χ2v) is 5.65. The molecule has 0 atom stereocenters. The SMILES string of the molecule is O=C(/C=C/c1ccc2c(c1)OCO2)Nc1ccn(Cc2ccccn2)n1. The molecule has 4 rings (SSSR count). The average Bonchev–Trinajstić information content (AvgIpc) is 3.29. The van der Waals surface area contributed by atoms with Gasteiger partial charge in [0.2, 0.25) is 12.7 Å². The highest BCUT2D eigenvalue weighted by molar-refractivity contribution is 6.01. The highest BCUT2D eigenvalue weighted by Gasteiger charge is 2.12. The lowest BCUT2D eigenvalue weighted by atomic mass is 10.2. The summed E-state index contributed by atoms with van der Waals surface area (Å²) in [5, 5.41) is 7.06. The zero-order valence-electron chi connectivity index (χ0n) is 13.8. The summed E-state index contributed by atoms with van der Waals surface area (Å²) in [5.74, 6) is 1.62. The number of nitrogens with one attached hydrogen (secondary N) is 1. The van der Waals surface area contributed by atoms with Crippen LogP contribution in [0.2, 0.25) is 0 Å². The summed E-state index contributed by atoms with van der Waals surface area (Å²) < 4.78 is 12.3. The maximum atomic E-state index is 12.1. The first-order valence-corrected chi connectivity index (χ1v) is 8.08. The van der Waals surface area contributed by atoms with Gasteiger partial charge in [-0.25, -0.2) is 0 Å². The maximum absolute atomic E-state index is 12.1. The predicted octanol–water partition coefficient (Wildman–Crippen LogP) is 2.71. The summed E-state index contributed by atoms with van der Waals surface area (Å²) in [5.41, 5.74) is 1.75. The van der Waals surface area contributed by atoms with Crippen LogP contribution < -0.4 is 14.8 Å². The lowest BCUT2D eigenvalue weighted by Crippen LogP contribution is -2.09. The first-order valence-electron chi connectivity index (χ1n) is 8.08. The van der Waals surface area contributed by atoms with Gasteiger partial charge in [0.05, 0.1) is 12.2 Å². The fourth-order valence-electron chi connectivity index (χ4n) is 2.53. The number of ether oxygens (including phenoxy) is 2. The van der Waals surface area contributed by atoms with Crippen molar-refractivity contribution in [3.63, 3.8) is 0 Å². The number of hydrogen-bond acceptors (Lipinski definition) is 5. The zero-order valence-corrected chi connectivity index (χ0v) is 13.8. The molecule has 0 saturated carbocycles. The van der Waals surface area contributed by atoms with E-state index in [-0.39, 0.29) is 12.7 Å². The third-order valence-corrected chi connectivity index (χ3v) is 3.77. The van der Waals surface area contributed by atoms with E-state index in [0.29, 0.717) is 23.9 Å². The number of amides is 1.